The molecule has 1 aliphatic rings. The highest BCUT2D eigenvalue weighted by molar-refractivity contribution is 5.90. The van der Waals surface area contributed by atoms with E-state index >= 15 is 0 Å². The molecule has 0 saturated heterocycles. The molecule has 0 spiro atoms. The summed E-state index contributed by atoms with van der Waals surface area (Å²) in [6.07, 6.45) is 5.92. The average Bonchev–Trinajstić information content (AvgIpc) is 2.39. The Kier molecular flexibility index (Phi) is 3.94. The van der Waals surface area contributed by atoms with Crippen molar-refractivity contribution in [2.75, 3.05) is 0 Å². The molecule has 0 bridgehead atoms. The first kappa shape index (κ1) is 13.3. The quantitative estimate of drug-likeness (QED) is 0.663. The molecule has 1 N–H and O–H groups in total. The number of carboxylic acids is 1. The summed E-state index contributed by atoms with van der Waals surface area (Å²) < 4.78 is 5.57. The van der Waals surface area contributed by atoms with E-state index in [0.29, 0.717) is 0 Å². The molecule has 1 saturated carbocycles. The maximum atomic E-state index is 11.1. The molecule has 0 radical (unpaired) electrons. The van der Waals surface area contributed by atoms with Crippen molar-refractivity contribution < 1.29 is 19.6 Å². The maximum Gasteiger partial charge on any atom is 0.341 e. The molecule has 0 aromatic carbocycles. The van der Waals surface area contributed by atoms with Gasteiger partial charge in [-0.15, -0.1) is 0 Å². The van der Waals surface area contributed by atoms with Gasteiger partial charge in [0.15, 0.2) is 0 Å². The van der Waals surface area contributed by atoms with Crippen LogP contribution in [0.2, 0.25) is 0 Å². The van der Waals surface area contributed by atoms with E-state index in [1.54, 1.807) is 0 Å². The largest absolute Gasteiger partial charge is 0.477 e. The van der Waals surface area contributed by atoms with Gasteiger partial charge in [0, 0.05) is 6.07 Å². The van der Waals surface area contributed by atoms with Gasteiger partial charge >= 0.3 is 5.97 Å². The van der Waals surface area contributed by atoms with Crippen molar-refractivity contribution in [2.45, 2.75) is 38.2 Å². The van der Waals surface area contributed by atoms with E-state index in [2.05, 4.69) is 4.98 Å². The number of nitro groups is 1. The SMILES string of the molecule is O=C(O)c1cc([N+](=O)[O-])cnc1OC1CCCCC1. The van der Waals surface area contributed by atoms with Crippen LogP contribution in [0.25, 0.3) is 0 Å². The van der Waals surface area contributed by atoms with Gasteiger partial charge in [-0.1, -0.05) is 6.42 Å². The number of rotatable bonds is 4. The highest BCUT2D eigenvalue weighted by Crippen LogP contribution is 2.26. The monoisotopic (exact) mass is 266 g/mol. The molecule has 1 fully saturated rings. The summed E-state index contributed by atoms with van der Waals surface area (Å²) in [5.74, 6) is -1.31. The second-order valence-corrected chi connectivity index (χ2v) is 4.49. The lowest BCUT2D eigenvalue weighted by Gasteiger charge is -2.22. The van der Waals surface area contributed by atoms with Gasteiger partial charge < -0.3 is 9.84 Å². The molecule has 1 aliphatic carbocycles. The lowest BCUT2D eigenvalue weighted by atomic mass is 9.98. The van der Waals surface area contributed by atoms with E-state index in [1.807, 2.05) is 0 Å². The summed E-state index contributed by atoms with van der Waals surface area (Å²) >= 11 is 0. The molecule has 0 unspecified atom stereocenters. The van der Waals surface area contributed by atoms with Crippen LogP contribution >= 0.6 is 0 Å². The topological polar surface area (TPSA) is 103 Å². The van der Waals surface area contributed by atoms with Crippen molar-refractivity contribution >= 4 is 11.7 Å². The van der Waals surface area contributed by atoms with E-state index in [0.717, 1.165) is 44.4 Å². The number of ether oxygens (including phenoxy) is 1. The smallest absolute Gasteiger partial charge is 0.341 e. The van der Waals surface area contributed by atoms with Crippen LogP contribution in [0.1, 0.15) is 42.5 Å². The zero-order valence-corrected chi connectivity index (χ0v) is 10.2. The van der Waals surface area contributed by atoms with Crippen molar-refractivity contribution in [1.82, 2.24) is 4.98 Å². The lowest BCUT2D eigenvalue weighted by molar-refractivity contribution is -0.385. The van der Waals surface area contributed by atoms with E-state index in [9.17, 15) is 14.9 Å². The third-order valence-corrected chi connectivity index (χ3v) is 3.11. The van der Waals surface area contributed by atoms with E-state index < -0.39 is 10.9 Å². The van der Waals surface area contributed by atoms with E-state index in [-0.39, 0.29) is 23.2 Å². The van der Waals surface area contributed by atoms with Gasteiger partial charge in [0.1, 0.15) is 17.9 Å². The fraction of sp³-hybridized carbons (Fsp3) is 0.500. The molecule has 7 heteroatoms. The summed E-state index contributed by atoms with van der Waals surface area (Å²) in [6, 6.07) is 0.980. The highest BCUT2D eigenvalue weighted by atomic mass is 16.6. The third kappa shape index (κ3) is 3.18. The Morgan fingerprint density at radius 3 is 2.68 bits per heavy atom. The minimum atomic E-state index is -1.28. The van der Waals surface area contributed by atoms with Crippen LogP contribution in [0, 0.1) is 10.1 Å². The van der Waals surface area contributed by atoms with Crippen LogP contribution < -0.4 is 4.74 Å². The number of aromatic carboxylic acids is 1. The van der Waals surface area contributed by atoms with Gasteiger partial charge in [0.05, 0.1) is 4.92 Å². The Morgan fingerprint density at radius 1 is 1.42 bits per heavy atom. The second-order valence-electron chi connectivity index (χ2n) is 4.49. The van der Waals surface area contributed by atoms with Gasteiger partial charge in [-0.05, 0) is 25.7 Å². The van der Waals surface area contributed by atoms with Crippen molar-refractivity contribution in [1.29, 1.82) is 0 Å². The van der Waals surface area contributed by atoms with E-state index in [1.165, 1.54) is 0 Å². The van der Waals surface area contributed by atoms with E-state index in [4.69, 9.17) is 9.84 Å². The van der Waals surface area contributed by atoms with Crippen LogP contribution in [0.15, 0.2) is 12.3 Å². The number of carboxylic acid groups (broad SMARTS) is 1. The standard InChI is InChI=1S/C12H14N2O5/c15-12(16)10-6-8(14(17)18)7-13-11(10)19-9-4-2-1-3-5-9/h6-7,9H,1-5H2,(H,15,16). The molecular formula is C12H14N2O5. The van der Waals surface area contributed by atoms with Crippen molar-refractivity contribution in [3.8, 4) is 5.88 Å². The number of hydrogen-bond acceptors (Lipinski definition) is 5. The fourth-order valence-electron chi connectivity index (χ4n) is 2.13. The molecule has 102 valence electrons. The Balaban J connectivity index is 2.23. The molecule has 2 rings (SSSR count). The Bertz CT molecular complexity index is 497. The number of hydrogen-bond donors (Lipinski definition) is 1. The minimum Gasteiger partial charge on any atom is -0.477 e. The Morgan fingerprint density at radius 2 is 2.11 bits per heavy atom. The van der Waals surface area contributed by atoms with Crippen LogP contribution in [0.4, 0.5) is 5.69 Å². The second kappa shape index (κ2) is 5.64. The fourth-order valence-corrected chi connectivity index (χ4v) is 2.13. The average molecular weight is 266 g/mol. The number of carbonyl (C=O) groups is 1. The predicted molar refractivity (Wildman–Crippen MR) is 65.4 cm³/mol. The first-order chi connectivity index (χ1) is 9.08. The van der Waals surface area contributed by atoms with Crippen molar-refractivity contribution in [3.05, 3.63) is 27.9 Å². The summed E-state index contributed by atoms with van der Waals surface area (Å²) in [7, 11) is 0. The molecule has 0 amide bonds. The van der Waals surface area contributed by atoms with Gasteiger partial charge in [0.25, 0.3) is 5.69 Å². The highest BCUT2D eigenvalue weighted by Gasteiger charge is 2.22. The summed E-state index contributed by atoms with van der Waals surface area (Å²) in [6.45, 7) is 0. The first-order valence-electron chi connectivity index (χ1n) is 6.12. The molecule has 0 atom stereocenters. The molecule has 1 aromatic rings. The van der Waals surface area contributed by atoms with Gasteiger partial charge in [-0.3, -0.25) is 10.1 Å². The molecule has 1 aromatic heterocycles. The van der Waals surface area contributed by atoms with Gasteiger partial charge in [0.2, 0.25) is 5.88 Å². The first-order valence-corrected chi connectivity index (χ1v) is 6.12. The van der Waals surface area contributed by atoms with Crippen molar-refractivity contribution in [2.24, 2.45) is 0 Å². The molecular weight excluding hydrogens is 252 g/mol. The summed E-state index contributed by atoms with van der Waals surface area (Å²) in [4.78, 5) is 24.8. The van der Waals surface area contributed by atoms with Crippen LogP contribution in [0.5, 0.6) is 5.88 Å². The summed E-state index contributed by atoms with van der Waals surface area (Å²) in [5.41, 5.74) is -0.617. The number of pyridine rings is 1. The van der Waals surface area contributed by atoms with Gasteiger partial charge in [-0.25, -0.2) is 9.78 Å². The molecule has 7 nitrogen and oxygen atoms in total. The number of nitrogens with zero attached hydrogens (tertiary/aromatic N) is 2. The zero-order chi connectivity index (χ0) is 13.8. The third-order valence-electron chi connectivity index (χ3n) is 3.11. The predicted octanol–water partition coefficient (Wildman–Crippen LogP) is 2.40. The zero-order valence-electron chi connectivity index (χ0n) is 10.2. The minimum absolute atomic E-state index is 0.0370. The number of aromatic nitrogens is 1. The van der Waals surface area contributed by atoms with Crippen LogP contribution in [0.3, 0.4) is 0 Å². The Hall–Kier alpha value is -2.18. The summed E-state index contributed by atoms with van der Waals surface area (Å²) in [5, 5.41) is 19.7. The van der Waals surface area contributed by atoms with Crippen LogP contribution in [-0.2, 0) is 0 Å². The molecule has 0 aliphatic heterocycles. The van der Waals surface area contributed by atoms with Gasteiger partial charge in [-0.2, -0.15) is 0 Å². The normalized spacial score (nSPS) is 16.0. The lowest BCUT2D eigenvalue weighted by Crippen LogP contribution is -2.21. The molecule has 19 heavy (non-hydrogen) atoms. The molecule has 1 heterocycles. The Labute approximate surface area is 109 Å². The maximum absolute atomic E-state index is 11.1. The van der Waals surface area contributed by atoms with Crippen molar-refractivity contribution in [3.63, 3.8) is 0 Å². The van der Waals surface area contributed by atoms with Crippen LogP contribution in [-0.4, -0.2) is 27.1 Å².